The molecule has 1 amide bonds. The highest BCUT2D eigenvalue weighted by Gasteiger charge is 2.38. The predicted octanol–water partition coefficient (Wildman–Crippen LogP) is 3.57. The van der Waals surface area contributed by atoms with Crippen LogP contribution in [0.4, 0.5) is 18.9 Å². The standard InChI is InChI=1S/C17H18F3N3O2S/c18-17(19,20)15-11(7-22-16(24)14-8-26-9-23-14)5-12(21)6-13(15)10-1-3-25-4-2-10/h5-6,8-10H,1-4,7,21H2,(H,22,24). The number of nitrogens with zero attached hydrogens (tertiary/aromatic N) is 1. The number of hydrogen-bond donors (Lipinski definition) is 2. The normalized spacial score (nSPS) is 15.8. The number of nitrogen functional groups attached to an aromatic ring is 1. The van der Waals surface area contributed by atoms with Crippen molar-refractivity contribution in [3.05, 3.63) is 45.4 Å². The zero-order valence-electron chi connectivity index (χ0n) is 13.8. The molecule has 3 rings (SSSR count). The van der Waals surface area contributed by atoms with Crippen LogP contribution in [0, 0.1) is 0 Å². The summed E-state index contributed by atoms with van der Waals surface area (Å²) in [6.45, 7) is 0.575. The van der Waals surface area contributed by atoms with Crippen LogP contribution in [0.3, 0.4) is 0 Å². The third-order valence-electron chi connectivity index (χ3n) is 4.32. The molecule has 3 N–H and O–H groups in total. The van der Waals surface area contributed by atoms with E-state index in [1.807, 2.05) is 0 Å². The second-order valence-electron chi connectivity index (χ2n) is 6.09. The molecule has 2 aromatic rings. The van der Waals surface area contributed by atoms with Gasteiger partial charge >= 0.3 is 6.18 Å². The van der Waals surface area contributed by atoms with E-state index in [0.717, 1.165) is 0 Å². The molecule has 1 aromatic heterocycles. The first-order valence-electron chi connectivity index (χ1n) is 8.10. The fourth-order valence-electron chi connectivity index (χ4n) is 3.16. The molecule has 26 heavy (non-hydrogen) atoms. The highest BCUT2D eigenvalue weighted by molar-refractivity contribution is 7.07. The van der Waals surface area contributed by atoms with Crippen LogP contribution in [0.15, 0.2) is 23.0 Å². The van der Waals surface area contributed by atoms with Crippen LogP contribution in [-0.2, 0) is 17.5 Å². The van der Waals surface area contributed by atoms with E-state index in [1.165, 1.54) is 34.4 Å². The third kappa shape index (κ3) is 4.16. The quantitative estimate of drug-likeness (QED) is 0.789. The molecule has 1 fully saturated rings. The number of anilines is 1. The van der Waals surface area contributed by atoms with Gasteiger partial charge in [-0.2, -0.15) is 13.2 Å². The Morgan fingerprint density at radius 1 is 1.35 bits per heavy atom. The van der Waals surface area contributed by atoms with Crippen molar-refractivity contribution in [1.29, 1.82) is 0 Å². The summed E-state index contributed by atoms with van der Waals surface area (Å²) in [5.41, 5.74) is 7.20. The van der Waals surface area contributed by atoms with Gasteiger partial charge in [0.1, 0.15) is 5.69 Å². The zero-order valence-corrected chi connectivity index (χ0v) is 14.6. The van der Waals surface area contributed by atoms with Gasteiger partial charge in [0, 0.05) is 30.8 Å². The van der Waals surface area contributed by atoms with Crippen LogP contribution < -0.4 is 11.1 Å². The van der Waals surface area contributed by atoms with Crippen LogP contribution in [0.5, 0.6) is 0 Å². The Kier molecular flexibility index (Phi) is 5.47. The second-order valence-corrected chi connectivity index (χ2v) is 6.80. The lowest BCUT2D eigenvalue weighted by atomic mass is 9.85. The molecule has 5 nitrogen and oxygen atoms in total. The van der Waals surface area contributed by atoms with Crippen molar-refractivity contribution in [3.63, 3.8) is 0 Å². The van der Waals surface area contributed by atoms with E-state index in [4.69, 9.17) is 10.5 Å². The number of thiazole rings is 1. The second kappa shape index (κ2) is 7.63. The molecule has 1 aliphatic rings. The molecular formula is C17H18F3N3O2S. The molecule has 0 unspecified atom stereocenters. The summed E-state index contributed by atoms with van der Waals surface area (Å²) in [6.07, 6.45) is -3.52. The first-order valence-corrected chi connectivity index (χ1v) is 9.04. The molecule has 140 valence electrons. The number of alkyl halides is 3. The SMILES string of the molecule is Nc1cc(CNC(=O)c2cscn2)c(C(F)(F)F)c(C2CCOCC2)c1. The van der Waals surface area contributed by atoms with Crippen LogP contribution in [0.25, 0.3) is 0 Å². The number of rotatable bonds is 4. The van der Waals surface area contributed by atoms with Crippen LogP contribution in [0.2, 0.25) is 0 Å². The van der Waals surface area contributed by atoms with E-state index < -0.39 is 17.6 Å². The number of hydrogen-bond acceptors (Lipinski definition) is 5. The average Bonchev–Trinajstić information content (AvgIpc) is 3.13. The van der Waals surface area contributed by atoms with Crippen molar-refractivity contribution in [2.45, 2.75) is 31.5 Å². The van der Waals surface area contributed by atoms with Crippen molar-refractivity contribution < 1.29 is 22.7 Å². The Morgan fingerprint density at radius 3 is 2.69 bits per heavy atom. The lowest BCUT2D eigenvalue weighted by Crippen LogP contribution is -2.26. The van der Waals surface area contributed by atoms with E-state index in [1.54, 1.807) is 0 Å². The van der Waals surface area contributed by atoms with Gasteiger partial charge in [0.2, 0.25) is 0 Å². The molecule has 0 aliphatic carbocycles. The molecule has 0 spiro atoms. The molecule has 0 bridgehead atoms. The van der Waals surface area contributed by atoms with Crippen LogP contribution >= 0.6 is 11.3 Å². The van der Waals surface area contributed by atoms with Gasteiger partial charge in [-0.3, -0.25) is 4.79 Å². The molecule has 1 saturated heterocycles. The Morgan fingerprint density at radius 2 is 2.08 bits per heavy atom. The molecule has 0 saturated carbocycles. The lowest BCUT2D eigenvalue weighted by molar-refractivity contribution is -0.139. The van der Waals surface area contributed by atoms with Crippen molar-refractivity contribution in [1.82, 2.24) is 10.3 Å². The van der Waals surface area contributed by atoms with Crippen LogP contribution in [-0.4, -0.2) is 24.1 Å². The number of carbonyl (C=O) groups excluding carboxylic acids is 1. The summed E-state index contributed by atoms with van der Waals surface area (Å²) in [6, 6.07) is 2.66. The Hall–Kier alpha value is -2.13. The number of carbonyl (C=O) groups is 1. The first-order chi connectivity index (χ1) is 12.4. The fraction of sp³-hybridized carbons (Fsp3) is 0.412. The first kappa shape index (κ1) is 18.7. The van der Waals surface area contributed by atoms with E-state index in [-0.39, 0.29) is 35.0 Å². The monoisotopic (exact) mass is 385 g/mol. The third-order valence-corrected chi connectivity index (χ3v) is 4.91. The maximum atomic E-state index is 13.8. The molecule has 1 aliphatic heterocycles. The molecule has 9 heteroatoms. The molecule has 2 heterocycles. The van der Waals surface area contributed by atoms with Gasteiger partial charge in [0.25, 0.3) is 5.91 Å². The maximum absolute atomic E-state index is 13.8. The predicted molar refractivity (Wildman–Crippen MR) is 91.9 cm³/mol. The number of halogens is 3. The summed E-state index contributed by atoms with van der Waals surface area (Å²) < 4.78 is 46.6. The summed E-state index contributed by atoms with van der Waals surface area (Å²) in [4.78, 5) is 15.9. The van der Waals surface area contributed by atoms with E-state index in [2.05, 4.69) is 10.3 Å². The Bertz CT molecular complexity index is 772. The zero-order chi connectivity index (χ0) is 18.7. The highest BCUT2D eigenvalue weighted by Crippen LogP contribution is 2.41. The van der Waals surface area contributed by atoms with Crippen LogP contribution in [0.1, 0.15) is 45.9 Å². The van der Waals surface area contributed by atoms with Gasteiger partial charge in [0.05, 0.1) is 11.1 Å². The molecule has 0 radical (unpaired) electrons. The van der Waals surface area contributed by atoms with Gasteiger partial charge in [-0.25, -0.2) is 4.98 Å². The lowest BCUT2D eigenvalue weighted by Gasteiger charge is -2.27. The number of ether oxygens (including phenoxy) is 1. The summed E-state index contributed by atoms with van der Waals surface area (Å²) >= 11 is 1.24. The van der Waals surface area contributed by atoms with Crippen molar-refractivity contribution >= 4 is 22.9 Å². The van der Waals surface area contributed by atoms with Crippen molar-refractivity contribution in [2.24, 2.45) is 0 Å². The number of benzene rings is 1. The largest absolute Gasteiger partial charge is 0.417 e. The Balaban J connectivity index is 1.92. The molecule has 1 aromatic carbocycles. The van der Waals surface area contributed by atoms with Gasteiger partial charge in [-0.1, -0.05) is 0 Å². The van der Waals surface area contributed by atoms with E-state index in [0.29, 0.717) is 26.1 Å². The van der Waals surface area contributed by atoms with Crippen molar-refractivity contribution in [2.75, 3.05) is 18.9 Å². The summed E-state index contributed by atoms with van der Waals surface area (Å²) in [5, 5.41) is 4.03. The number of nitrogens with two attached hydrogens (primary N) is 1. The van der Waals surface area contributed by atoms with E-state index in [9.17, 15) is 18.0 Å². The minimum atomic E-state index is -4.54. The summed E-state index contributed by atoms with van der Waals surface area (Å²) in [5.74, 6) is -0.786. The summed E-state index contributed by atoms with van der Waals surface area (Å²) in [7, 11) is 0. The molecule has 0 atom stereocenters. The fourth-order valence-corrected chi connectivity index (χ4v) is 3.69. The number of nitrogens with one attached hydrogen (secondary N) is 1. The highest BCUT2D eigenvalue weighted by atomic mass is 32.1. The minimum absolute atomic E-state index is 0.0393. The topological polar surface area (TPSA) is 77.2 Å². The maximum Gasteiger partial charge on any atom is 0.417 e. The average molecular weight is 385 g/mol. The van der Waals surface area contributed by atoms with E-state index >= 15 is 0 Å². The molecular weight excluding hydrogens is 367 g/mol. The number of amides is 1. The Labute approximate surface area is 152 Å². The van der Waals surface area contributed by atoms with Crippen molar-refractivity contribution in [3.8, 4) is 0 Å². The van der Waals surface area contributed by atoms with Gasteiger partial charge < -0.3 is 15.8 Å². The smallest absolute Gasteiger partial charge is 0.399 e. The van der Waals surface area contributed by atoms with Gasteiger partial charge in [-0.15, -0.1) is 11.3 Å². The van der Waals surface area contributed by atoms with Gasteiger partial charge in [0.15, 0.2) is 0 Å². The van der Waals surface area contributed by atoms with Gasteiger partial charge in [-0.05, 0) is 42.0 Å². The number of aromatic nitrogens is 1. The minimum Gasteiger partial charge on any atom is -0.399 e.